The van der Waals surface area contributed by atoms with Gasteiger partial charge in [-0.25, -0.2) is 0 Å². The third-order valence-electron chi connectivity index (χ3n) is 3.57. The van der Waals surface area contributed by atoms with Gasteiger partial charge in [-0.1, -0.05) is 58.4 Å². The summed E-state index contributed by atoms with van der Waals surface area (Å²) in [4.78, 5) is 0. The minimum Gasteiger partial charge on any atom is -0.472 e. The van der Waals surface area contributed by atoms with Crippen molar-refractivity contribution in [3.8, 4) is 17.3 Å². The second-order valence-electron chi connectivity index (χ2n) is 5.25. The third kappa shape index (κ3) is 3.00. The average Bonchev–Trinajstić information content (AvgIpc) is 3.05. The topological polar surface area (TPSA) is 52.3 Å². The number of benzene rings is 2. The van der Waals surface area contributed by atoms with Gasteiger partial charge in [0.2, 0.25) is 5.88 Å². The van der Waals surface area contributed by atoms with Crippen LogP contribution < -0.4 is 4.74 Å². The number of aromatic nitrogens is 4. The van der Waals surface area contributed by atoms with E-state index in [4.69, 9.17) is 4.74 Å². The fourth-order valence-corrected chi connectivity index (χ4v) is 2.62. The number of hydrogen-bond donors (Lipinski definition) is 0. The first-order valence-electron chi connectivity index (χ1n) is 7.45. The van der Waals surface area contributed by atoms with E-state index in [1.165, 1.54) is 0 Å². The van der Waals surface area contributed by atoms with Gasteiger partial charge >= 0.3 is 0 Å². The Morgan fingerprint density at radius 3 is 2.46 bits per heavy atom. The zero-order valence-electron chi connectivity index (χ0n) is 12.6. The van der Waals surface area contributed by atoms with Crippen LogP contribution >= 0.6 is 15.9 Å². The molecule has 0 fully saturated rings. The van der Waals surface area contributed by atoms with Crippen LogP contribution in [-0.4, -0.2) is 19.8 Å². The van der Waals surface area contributed by atoms with Crippen molar-refractivity contribution in [2.45, 2.75) is 6.61 Å². The maximum absolute atomic E-state index is 5.78. The Bertz CT molecular complexity index is 967. The molecular weight excluding hydrogens is 368 g/mol. The Morgan fingerprint density at radius 1 is 0.875 bits per heavy atom. The minimum atomic E-state index is 0.467. The molecule has 0 spiro atoms. The summed E-state index contributed by atoms with van der Waals surface area (Å²) in [7, 11) is 0. The molecule has 118 valence electrons. The van der Waals surface area contributed by atoms with Gasteiger partial charge in [0, 0.05) is 16.1 Å². The SMILES string of the molecule is Brc1ccc(-c2nnc3ccc(OCc4ccccc4)nn23)cc1. The van der Waals surface area contributed by atoms with Crippen molar-refractivity contribution in [2.75, 3.05) is 0 Å². The number of halogens is 1. The first kappa shape index (κ1) is 14.8. The van der Waals surface area contributed by atoms with Crippen LogP contribution in [-0.2, 0) is 6.61 Å². The molecule has 2 heterocycles. The molecule has 0 saturated heterocycles. The van der Waals surface area contributed by atoms with Crippen molar-refractivity contribution < 1.29 is 4.74 Å². The predicted molar refractivity (Wildman–Crippen MR) is 94.7 cm³/mol. The largest absolute Gasteiger partial charge is 0.472 e. The first-order chi connectivity index (χ1) is 11.8. The summed E-state index contributed by atoms with van der Waals surface area (Å²) >= 11 is 3.43. The molecule has 0 atom stereocenters. The van der Waals surface area contributed by atoms with E-state index in [0.717, 1.165) is 15.6 Å². The fourth-order valence-electron chi connectivity index (χ4n) is 2.36. The molecule has 0 unspecified atom stereocenters. The molecule has 0 saturated carbocycles. The smallest absolute Gasteiger partial charge is 0.232 e. The molecule has 5 nitrogen and oxygen atoms in total. The summed E-state index contributed by atoms with van der Waals surface area (Å²) in [5.74, 6) is 1.21. The second-order valence-corrected chi connectivity index (χ2v) is 6.16. The summed E-state index contributed by atoms with van der Waals surface area (Å²) in [6.07, 6.45) is 0. The van der Waals surface area contributed by atoms with Crippen molar-refractivity contribution in [2.24, 2.45) is 0 Å². The normalized spacial score (nSPS) is 10.9. The molecule has 4 aromatic rings. The van der Waals surface area contributed by atoms with Gasteiger partial charge in [-0.05, 0) is 23.8 Å². The zero-order chi connectivity index (χ0) is 16.4. The summed E-state index contributed by atoms with van der Waals surface area (Å²) in [5, 5.41) is 12.9. The van der Waals surface area contributed by atoms with Gasteiger partial charge in [0.25, 0.3) is 0 Å². The lowest BCUT2D eigenvalue weighted by Gasteiger charge is -2.06. The Balaban J connectivity index is 1.64. The van der Waals surface area contributed by atoms with Crippen molar-refractivity contribution in [3.63, 3.8) is 0 Å². The van der Waals surface area contributed by atoms with Crippen molar-refractivity contribution in [1.29, 1.82) is 0 Å². The van der Waals surface area contributed by atoms with E-state index in [0.29, 0.717) is 24.0 Å². The zero-order valence-corrected chi connectivity index (χ0v) is 14.2. The van der Waals surface area contributed by atoms with Crippen LogP contribution in [0.25, 0.3) is 17.0 Å². The van der Waals surface area contributed by atoms with E-state index in [-0.39, 0.29) is 0 Å². The first-order valence-corrected chi connectivity index (χ1v) is 8.24. The molecule has 0 bridgehead atoms. The molecule has 0 aliphatic rings. The van der Waals surface area contributed by atoms with E-state index < -0.39 is 0 Å². The quantitative estimate of drug-likeness (QED) is 0.533. The maximum atomic E-state index is 5.78. The lowest BCUT2D eigenvalue weighted by Crippen LogP contribution is -2.01. The third-order valence-corrected chi connectivity index (χ3v) is 4.10. The van der Waals surface area contributed by atoms with Gasteiger partial charge < -0.3 is 4.74 Å². The summed E-state index contributed by atoms with van der Waals surface area (Å²) in [5.41, 5.74) is 2.72. The number of rotatable bonds is 4. The van der Waals surface area contributed by atoms with Gasteiger partial charge in [-0.2, -0.15) is 4.52 Å². The molecule has 0 N–H and O–H groups in total. The van der Waals surface area contributed by atoms with Crippen LogP contribution in [0.3, 0.4) is 0 Å². The Kier molecular flexibility index (Phi) is 3.96. The fraction of sp³-hybridized carbons (Fsp3) is 0.0556. The average molecular weight is 381 g/mol. The molecule has 2 aromatic carbocycles. The minimum absolute atomic E-state index is 0.467. The summed E-state index contributed by atoms with van der Waals surface area (Å²) in [6, 6.07) is 21.5. The standard InChI is InChI=1S/C18H13BrN4O/c19-15-8-6-14(7-9-15)18-21-20-16-10-11-17(22-23(16)18)24-12-13-4-2-1-3-5-13/h1-11H,12H2. The molecule has 0 amide bonds. The van der Waals surface area contributed by atoms with Crippen LogP contribution in [0, 0.1) is 0 Å². The highest BCUT2D eigenvalue weighted by Crippen LogP contribution is 2.21. The molecule has 0 aliphatic heterocycles. The predicted octanol–water partition coefficient (Wildman–Crippen LogP) is 4.13. The van der Waals surface area contributed by atoms with E-state index in [2.05, 4.69) is 31.2 Å². The van der Waals surface area contributed by atoms with E-state index in [9.17, 15) is 0 Å². The molecular formula is C18H13BrN4O. The Labute approximate surface area is 147 Å². The molecule has 4 rings (SSSR count). The van der Waals surface area contributed by atoms with Gasteiger partial charge in [-0.15, -0.1) is 15.3 Å². The van der Waals surface area contributed by atoms with Gasteiger partial charge in [0.15, 0.2) is 11.5 Å². The molecule has 6 heteroatoms. The van der Waals surface area contributed by atoms with Crippen LogP contribution in [0.1, 0.15) is 5.56 Å². The highest BCUT2D eigenvalue weighted by Gasteiger charge is 2.10. The Hall–Kier alpha value is -2.73. The monoisotopic (exact) mass is 380 g/mol. The number of nitrogens with zero attached hydrogens (tertiary/aromatic N) is 4. The van der Waals surface area contributed by atoms with E-state index in [1.807, 2.05) is 60.7 Å². The number of ether oxygens (including phenoxy) is 1. The van der Waals surface area contributed by atoms with Crippen LogP contribution in [0.2, 0.25) is 0 Å². The summed E-state index contributed by atoms with van der Waals surface area (Å²) in [6.45, 7) is 0.467. The number of fused-ring (bicyclic) bond motifs is 1. The summed E-state index contributed by atoms with van der Waals surface area (Å²) < 4.78 is 8.50. The molecule has 0 radical (unpaired) electrons. The molecule has 24 heavy (non-hydrogen) atoms. The molecule has 0 aliphatic carbocycles. The lowest BCUT2D eigenvalue weighted by molar-refractivity contribution is 0.289. The highest BCUT2D eigenvalue weighted by atomic mass is 79.9. The second kappa shape index (κ2) is 6.41. The van der Waals surface area contributed by atoms with Gasteiger partial charge in [0.05, 0.1) is 0 Å². The lowest BCUT2D eigenvalue weighted by atomic mass is 10.2. The highest BCUT2D eigenvalue weighted by molar-refractivity contribution is 9.10. The van der Waals surface area contributed by atoms with Crippen molar-refractivity contribution in [3.05, 3.63) is 76.8 Å². The van der Waals surface area contributed by atoms with E-state index >= 15 is 0 Å². The van der Waals surface area contributed by atoms with Crippen molar-refractivity contribution in [1.82, 2.24) is 19.8 Å². The van der Waals surface area contributed by atoms with Gasteiger partial charge in [0.1, 0.15) is 6.61 Å². The van der Waals surface area contributed by atoms with E-state index in [1.54, 1.807) is 10.6 Å². The molecule has 2 aromatic heterocycles. The Morgan fingerprint density at radius 2 is 1.67 bits per heavy atom. The van der Waals surface area contributed by atoms with Crippen molar-refractivity contribution >= 4 is 21.6 Å². The number of hydrogen-bond acceptors (Lipinski definition) is 4. The van der Waals surface area contributed by atoms with Crippen LogP contribution in [0.15, 0.2) is 71.2 Å². The van der Waals surface area contributed by atoms with Crippen LogP contribution in [0.4, 0.5) is 0 Å². The van der Waals surface area contributed by atoms with Crippen LogP contribution in [0.5, 0.6) is 5.88 Å². The maximum Gasteiger partial charge on any atom is 0.232 e. The van der Waals surface area contributed by atoms with Gasteiger partial charge in [-0.3, -0.25) is 0 Å².